The number of nitrogens with zero attached hydrogens (tertiary/aromatic N) is 2. The van der Waals surface area contributed by atoms with Gasteiger partial charge in [-0.25, -0.2) is 5.43 Å². The zero-order valence-electron chi connectivity index (χ0n) is 9.75. The van der Waals surface area contributed by atoms with Crippen LogP contribution in [-0.4, -0.2) is 22.2 Å². The molecule has 2 rings (SSSR count). The highest BCUT2D eigenvalue weighted by molar-refractivity contribution is 9.10. The Hall–Kier alpha value is -2.21. The molecule has 1 aromatic heterocycles. The van der Waals surface area contributed by atoms with E-state index in [-0.39, 0.29) is 11.7 Å². The molecule has 0 aliphatic carbocycles. The van der Waals surface area contributed by atoms with Crippen molar-refractivity contribution in [3.63, 3.8) is 0 Å². The van der Waals surface area contributed by atoms with Crippen LogP contribution in [-0.2, 0) is 0 Å². The summed E-state index contributed by atoms with van der Waals surface area (Å²) in [6.07, 6.45) is 4.56. The van der Waals surface area contributed by atoms with Gasteiger partial charge in [-0.1, -0.05) is 0 Å². The van der Waals surface area contributed by atoms with Gasteiger partial charge in [0, 0.05) is 18.0 Å². The Labute approximate surface area is 118 Å². The van der Waals surface area contributed by atoms with E-state index in [0.29, 0.717) is 10.0 Å². The molecule has 6 heteroatoms. The minimum atomic E-state index is -0.309. The number of carbonyl (C=O) groups is 1. The summed E-state index contributed by atoms with van der Waals surface area (Å²) >= 11 is 3.20. The largest absolute Gasteiger partial charge is 0.507 e. The Kier molecular flexibility index (Phi) is 4.25. The number of hydrogen-bond acceptors (Lipinski definition) is 4. The number of amides is 1. The Morgan fingerprint density at radius 3 is 2.74 bits per heavy atom. The van der Waals surface area contributed by atoms with Gasteiger partial charge >= 0.3 is 0 Å². The van der Waals surface area contributed by atoms with Crippen molar-refractivity contribution in [2.45, 2.75) is 0 Å². The predicted octanol–water partition coefficient (Wildman–Crippen LogP) is 2.31. The van der Waals surface area contributed by atoms with E-state index in [0.717, 1.165) is 5.56 Å². The molecule has 1 amide bonds. The molecular formula is C13H10BrN3O2. The van der Waals surface area contributed by atoms with Crippen LogP contribution >= 0.6 is 15.9 Å². The van der Waals surface area contributed by atoms with Gasteiger partial charge < -0.3 is 5.11 Å². The molecule has 0 unspecified atom stereocenters. The van der Waals surface area contributed by atoms with E-state index in [1.54, 1.807) is 24.3 Å². The first kappa shape index (κ1) is 13.2. The molecule has 0 saturated heterocycles. The highest BCUT2D eigenvalue weighted by atomic mass is 79.9. The third-order valence-electron chi connectivity index (χ3n) is 2.29. The molecule has 96 valence electrons. The molecule has 0 bridgehead atoms. The average Bonchev–Trinajstić information content (AvgIpc) is 2.43. The van der Waals surface area contributed by atoms with E-state index in [4.69, 9.17) is 0 Å². The van der Waals surface area contributed by atoms with Crippen molar-refractivity contribution in [3.8, 4) is 5.75 Å². The fourth-order valence-electron chi connectivity index (χ4n) is 1.34. The molecule has 0 aliphatic heterocycles. The van der Waals surface area contributed by atoms with E-state index >= 15 is 0 Å². The summed E-state index contributed by atoms with van der Waals surface area (Å²) in [6, 6.07) is 8.11. The molecule has 1 aromatic carbocycles. The highest BCUT2D eigenvalue weighted by Crippen LogP contribution is 2.23. The average molecular weight is 320 g/mol. The Morgan fingerprint density at radius 1 is 1.32 bits per heavy atom. The summed E-state index contributed by atoms with van der Waals surface area (Å²) < 4.78 is 0.567. The van der Waals surface area contributed by atoms with Gasteiger partial charge in [0.25, 0.3) is 5.91 Å². The van der Waals surface area contributed by atoms with E-state index < -0.39 is 0 Å². The van der Waals surface area contributed by atoms with E-state index in [1.165, 1.54) is 24.7 Å². The number of halogens is 1. The number of phenols is 1. The molecule has 0 aliphatic rings. The van der Waals surface area contributed by atoms with Gasteiger partial charge in [0.1, 0.15) is 5.75 Å². The highest BCUT2D eigenvalue weighted by Gasteiger charge is 2.02. The van der Waals surface area contributed by atoms with Crippen molar-refractivity contribution in [1.29, 1.82) is 0 Å². The summed E-state index contributed by atoms with van der Waals surface area (Å²) in [5.41, 5.74) is 3.64. The molecule has 0 spiro atoms. The molecule has 2 N–H and O–H groups in total. The van der Waals surface area contributed by atoms with Crippen molar-refractivity contribution in [2.75, 3.05) is 0 Å². The number of rotatable bonds is 3. The number of benzene rings is 1. The van der Waals surface area contributed by atoms with Crippen molar-refractivity contribution in [3.05, 3.63) is 58.3 Å². The predicted molar refractivity (Wildman–Crippen MR) is 75.1 cm³/mol. The second kappa shape index (κ2) is 6.10. The van der Waals surface area contributed by atoms with Gasteiger partial charge in [-0.2, -0.15) is 5.10 Å². The minimum Gasteiger partial charge on any atom is -0.507 e. The van der Waals surface area contributed by atoms with E-state index in [9.17, 15) is 9.90 Å². The van der Waals surface area contributed by atoms with Crippen LogP contribution in [0.15, 0.2) is 52.3 Å². The first-order valence-corrected chi connectivity index (χ1v) is 6.18. The Bertz CT molecular complexity index is 615. The number of aromatic nitrogens is 1. The lowest BCUT2D eigenvalue weighted by atomic mass is 10.2. The smallest absolute Gasteiger partial charge is 0.271 e. The molecule has 2 aromatic rings. The molecule has 1 heterocycles. The van der Waals surface area contributed by atoms with Gasteiger partial charge in [0.05, 0.1) is 10.7 Å². The normalized spacial score (nSPS) is 10.6. The van der Waals surface area contributed by atoms with Gasteiger partial charge in [-0.3, -0.25) is 9.78 Å². The van der Waals surface area contributed by atoms with Crippen molar-refractivity contribution < 1.29 is 9.90 Å². The van der Waals surface area contributed by atoms with Crippen LogP contribution in [0.3, 0.4) is 0 Å². The van der Waals surface area contributed by atoms with Gasteiger partial charge in [0.2, 0.25) is 0 Å². The minimum absolute atomic E-state index is 0.151. The fraction of sp³-hybridized carbons (Fsp3) is 0. The van der Waals surface area contributed by atoms with Crippen molar-refractivity contribution in [2.24, 2.45) is 5.10 Å². The lowest BCUT2D eigenvalue weighted by Crippen LogP contribution is -2.17. The third kappa shape index (κ3) is 3.62. The first-order chi connectivity index (χ1) is 9.16. The van der Waals surface area contributed by atoms with Gasteiger partial charge in [-0.15, -0.1) is 0 Å². The van der Waals surface area contributed by atoms with E-state index in [1.807, 2.05) is 0 Å². The second-order valence-electron chi connectivity index (χ2n) is 3.65. The zero-order valence-corrected chi connectivity index (χ0v) is 11.3. The number of aromatic hydroxyl groups is 1. The quantitative estimate of drug-likeness (QED) is 0.673. The lowest BCUT2D eigenvalue weighted by Gasteiger charge is -2.00. The number of nitrogens with one attached hydrogen (secondary N) is 1. The van der Waals surface area contributed by atoms with Crippen LogP contribution in [0.2, 0.25) is 0 Å². The zero-order chi connectivity index (χ0) is 13.7. The number of hydrogen-bond donors (Lipinski definition) is 2. The maximum absolute atomic E-state index is 11.7. The summed E-state index contributed by atoms with van der Waals surface area (Å²) in [6.45, 7) is 0. The van der Waals surface area contributed by atoms with Crippen LogP contribution in [0.4, 0.5) is 0 Å². The SMILES string of the molecule is O=C(N/N=C\c1ccc(O)c(Br)c1)c1ccncc1. The summed E-state index contributed by atoms with van der Waals surface area (Å²) in [5, 5.41) is 13.2. The summed E-state index contributed by atoms with van der Waals surface area (Å²) in [7, 11) is 0. The van der Waals surface area contributed by atoms with Crippen LogP contribution in [0.1, 0.15) is 15.9 Å². The summed E-state index contributed by atoms with van der Waals surface area (Å²) in [5.74, 6) is -0.158. The van der Waals surface area contributed by atoms with Crippen LogP contribution < -0.4 is 5.43 Å². The number of hydrazone groups is 1. The molecular weight excluding hydrogens is 310 g/mol. The van der Waals surface area contributed by atoms with Gasteiger partial charge in [0.15, 0.2) is 0 Å². The fourth-order valence-corrected chi connectivity index (χ4v) is 1.73. The lowest BCUT2D eigenvalue weighted by molar-refractivity contribution is 0.0955. The van der Waals surface area contributed by atoms with Crippen LogP contribution in [0.5, 0.6) is 5.75 Å². The second-order valence-corrected chi connectivity index (χ2v) is 4.50. The van der Waals surface area contributed by atoms with Crippen LogP contribution in [0.25, 0.3) is 0 Å². The van der Waals surface area contributed by atoms with Crippen molar-refractivity contribution >= 4 is 28.1 Å². The molecule has 0 saturated carbocycles. The standard InChI is InChI=1S/C13H10BrN3O2/c14-11-7-9(1-2-12(11)18)8-16-17-13(19)10-3-5-15-6-4-10/h1-8,18H,(H,17,19)/b16-8-. The molecule has 5 nitrogen and oxygen atoms in total. The molecule has 0 fully saturated rings. The number of pyridine rings is 1. The third-order valence-corrected chi connectivity index (χ3v) is 2.93. The first-order valence-electron chi connectivity index (χ1n) is 5.39. The molecule has 0 radical (unpaired) electrons. The molecule has 0 atom stereocenters. The van der Waals surface area contributed by atoms with Gasteiger partial charge in [-0.05, 0) is 51.8 Å². The van der Waals surface area contributed by atoms with Crippen molar-refractivity contribution in [1.82, 2.24) is 10.4 Å². The maximum Gasteiger partial charge on any atom is 0.271 e. The van der Waals surface area contributed by atoms with E-state index in [2.05, 4.69) is 31.4 Å². The van der Waals surface area contributed by atoms with Crippen LogP contribution in [0, 0.1) is 0 Å². The monoisotopic (exact) mass is 319 g/mol. The Balaban J connectivity index is 2.00. The number of phenolic OH excluding ortho intramolecular Hbond substituents is 1. The topological polar surface area (TPSA) is 74.6 Å². The number of carbonyl (C=O) groups excluding carboxylic acids is 1. The molecule has 19 heavy (non-hydrogen) atoms. The maximum atomic E-state index is 11.7. The summed E-state index contributed by atoms with van der Waals surface area (Å²) in [4.78, 5) is 15.5. The Morgan fingerprint density at radius 2 is 2.05 bits per heavy atom.